The highest BCUT2D eigenvalue weighted by molar-refractivity contribution is 6.43. The van der Waals surface area contributed by atoms with E-state index in [2.05, 4.69) is 10.5 Å². The number of oxime groups is 1. The number of carbonyl (C=O) groups excluding carboxylic acids is 1. The topological polar surface area (TPSA) is 80.2 Å². The van der Waals surface area contributed by atoms with Crippen molar-refractivity contribution in [2.45, 2.75) is 6.92 Å². The van der Waals surface area contributed by atoms with E-state index in [9.17, 15) is 9.90 Å². The Balaban J connectivity index is 2.48. The van der Waals surface area contributed by atoms with E-state index in [0.29, 0.717) is 11.3 Å². The molecule has 120 valence electrons. The second-order valence-corrected chi connectivity index (χ2v) is 4.79. The van der Waals surface area contributed by atoms with Crippen LogP contribution >= 0.6 is 0 Å². The fourth-order valence-corrected chi connectivity index (χ4v) is 2.20. The SMILES string of the molecule is CON=C(C(=O)OC)c1cccc(C2=CC=C(C)NC2=CO)c1. The first-order chi connectivity index (χ1) is 11.1. The number of hydrogen-bond donors (Lipinski definition) is 2. The van der Waals surface area contributed by atoms with Crippen LogP contribution in [0.5, 0.6) is 0 Å². The number of nitrogens with one attached hydrogen (secondary N) is 1. The van der Waals surface area contributed by atoms with Crippen LogP contribution in [-0.2, 0) is 14.4 Å². The molecule has 2 N–H and O–H groups in total. The molecule has 0 amide bonds. The smallest absolute Gasteiger partial charge is 0.360 e. The Morgan fingerprint density at radius 3 is 2.74 bits per heavy atom. The van der Waals surface area contributed by atoms with Crippen molar-refractivity contribution in [3.8, 4) is 0 Å². The quantitative estimate of drug-likeness (QED) is 0.386. The predicted octanol–water partition coefficient (Wildman–Crippen LogP) is 2.50. The largest absolute Gasteiger partial charge is 0.513 e. The maximum atomic E-state index is 11.8. The molecule has 0 atom stereocenters. The summed E-state index contributed by atoms with van der Waals surface area (Å²) >= 11 is 0. The van der Waals surface area contributed by atoms with Crippen LogP contribution < -0.4 is 5.32 Å². The minimum absolute atomic E-state index is 0.0717. The molecule has 0 radical (unpaired) electrons. The first-order valence-corrected chi connectivity index (χ1v) is 6.91. The van der Waals surface area contributed by atoms with Crippen LogP contribution in [0.3, 0.4) is 0 Å². The molecule has 1 heterocycles. The number of benzene rings is 1. The number of hydrogen-bond acceptors (Lipinski definition) is 6. The lowest BCUT2D eigenvalue weighted by molar-refractivity contribution is -0.132. The summed E-state index contributed by atoms with van der Waals surface area (Å²) in [7, 11) is 2.64. The lowest BCUT2D eigenvalue weighted by Crippen LogP contribution is -2.18. The van der Waals surface area contributed by atoms with E-state index in [1.54, 1.807) is 18.2 Å². The molecule has 6 nitrogen and oxygen atoms in total. The van der Waals surface area contributed by atoms with Crippen LogP contribution in [-0.4, -0.2) is 31.0 Å². The van der Waals surface area contributed by atoms with E-state index in [1.807, 2.05) is 25.1 Å². The third-order valence-electron chi connectivity index (χ3n) is 3.26. The van der Waals surface area contributed by atoms with Gasteiger partial charge in [-0.3, -0.25) is 0 Å². The summed E-state index contributed by atoms with van der Waals surface area (Å²) in [6.07, 6.45) is 4.80. The Morgan fingerprint density at radius 1 is 1.30 bits per heavy atom. The molecular formula is C17H18N2O4. The standard InChI is InChI=1S/C17H18N2O4/c1-11-7-8-14(15(10-20)18-11)12-5-4-6-13(9-12)16(19-23-3)17(21)22-2/h4-10,18,20H,1-3H3. The van der Waals surface area contributed by atoms with Gasteiger partial charge in [0.25, 0.3) is 0 Å². The highest BCUT2D eigenvalue weighted by atomic mass is 16.6. The second kappa shape index (κ2) is 7.31. The molecule has 1 aromatic rings. The summed E-state index contributed by atoms with van der Waals surface area (Å²) < 4.78 is 4.72. The number of dihydropyridines is 1. The molecule has 0 saturated heterocycles. The van der Waals surface area contributed by atoms with Gasteiger partial charge in [0.2, 0.25) is 0 Å². The summed E-state index contributed by atoms with van der Waals surface area (Å²) in [6.45, 7) is 1.90. The van der Waals surface area contributed by atoms with Gasteiger partial charge in [-0.15, -0.1) is 0 Å². The first-order valence-electron chi connectivity index (χ1n) is 6.91. The summed E-state index contributed by atoms with van der Waals surface area (Å²) in [4.78, 5) is 16.6. The number of aliphatic hydroxyl groups is 1. The van der Waals surface area contributed by atoms with Gasteiger partial charge in [0, 0.05) is 16.8 Å². The summed E-state index contributed by atoms with van der Waals surface area (Å²) in [5.74, 6) is -0.589. The average Bonchev–Trinajstić information content (AvgIpc) is 2.59. The summed E-state index contributed by atoms with van der Waals surface area (Å²) in [5, 5.41) is 16.2. The monoisotopic (exact) mass is 314 g/mol. The maximum absolute atomic E-state index is 11.8. The minimum Gasteiger partial charge on any atom is -0.513 e. The third kappa shape index (κ3) is 3.60. The van der Waals surface area contributed by atoms with E-state index >= 15 is 0 Å². The van der Waals surface area contributed by atoms with Crippen molar-refractivity contribution < 1.29 is 19.5 Å². The van der Waals surface area contributed by atoms with Crippen LogP contribution in [0.4, 0.5) is 0 Å². The molecule has 0 spiro atoms. The Hall–Kier alpha value is -3.02. The van der Waals surface area contributed by atoms with Crippen LogP contribution in [0.15, 0.2) is 59.2 Å². The van der Waals surface area contributed by atoms with Gasteiger partial charge in [-0.1, -0.05) is 29.4 Å². The van der Waals surface area contributed by atoms with Crippen molar-refractivity contribution >= 4 is 17.3 Å². The molecule has 1 aliphatic rings. The van der Waals surface area contributed by atoms with E-state index < -0.39 is 5.97 Å². The minimum atomic E-state index is -0.589. The molecule has 0 aromatic heterocycles. The van der Waals surface area contributed by atoms with Crippen molar-refractivity contribution in [3.63, 3.8) is 0 Å². The fourth-order valence-electron chi connectivity index (χ4n) is 2.20. The van der Waals surface area contributed by atoms with Gasteiger partial charge in [-0.25, -0.2) is 4.79 Å². The summed E-state index contributed by atoms with van der Waals surface area (Å²) in [6, 6.07) is 7.18. The fraction of sp³-hybridized carbons (Fsp3) is 0.176. The Bertz CT molecular complexity index is 730. The Kier molecular flexibility index (Phi) is 5.19. The second-order valence-electron chi connectivity index (χ2n) is 4.79. The molecule has 23 heavy (non-hydrogen) atoms. The molecule has 0 bridgehead atoms. The highest BCUT2D eigenvalue weighted by Gasteiger charge is 2.18. The lowest BCUT2D eigenvalue weighted by Gasteiger charge is -2.18. The van der Waals surface area contributed by atoms with E-state index in [1.165, 1.54) is 14.2 Å². The van der Waals surface area contributed by atoms with Crippen molar-refractivity contribution in [2.24, 2.45) is 5.16 Å². The first kappa shape index (κ1) is 16.4. The molecular weight excluding hydrogens is 296 g/mol. The van der Waals surface area contributed by atoms with E-state index in [-0.39, 0.29) is 5.71 Å². The number of carbonyl (C=O) groups is 1. The Morgan fingerprint density at radius 2 is 2.09 bits per heavy atom. The normalized spacial score (nSPS) is 16.3. The van der Waals surface area contributed by atoms with Gasteiger partial charge in [0.1, 0.15) is 13.4 Å². The number of aliphatic hydroxyl groups excluding tert-OH is 1. The molecule has 1 aromatic carbocycles. The lowest BCUT2D eigenvalue weighted by atomic mass is 9.97. The van der Waals surface area contributed by atoms with Crippen LogP contribution in [0.2, 0.25) is 0 Å². The number of methoxy groups -OCH3 is 1. The van der Waals surface area contributed by atoms with E-state index in [0.717, 1.165) is 23.1 Å². The molecule has 0 fully saturated rings. The molecule has 6 heteroatoms. The number of allylic oxidation sites excluding steroid dienone is 4. The van der Waals surface area contributed by atoms with Crippen molar-refractivity contribution in [3.05, 3.63) is 65.2 Å². The van der Waals surface area contributed by atoms with Crippen LogP contribution in [0.25, 0.3) is 5.57 Å². The van der Waals surface area contributed by atoms with Crippen molar-refractivity contribution in [1.82, 2.24) is 5.32 Å². The van der Waals surface area contributed by atoms with Gasteiger partial charge in [0.15, 0.2) is 5.71 Å². The molecule has 0 saturated carbocycles. The number of nitrogens with zero attached hydrogens (tertiary/aromatic N) is 1. The van der Waals surface area contributed by atoms with Crippen LogP contribution in [0, 0.1) is 0 Å². The van der Waals surface area contributed by atoms with Crippen molar-refractivity contribution in [2.75, 3.05) is 14.2 Å². The number of rotatable bonds is 4. The van der Waals surface area contributed by atoms with Gasteiger partial charge in [-0.2, -0.15) is 0 Å². The Labute approximate surface area is 134 Å². The zero-order valence-corrected chi connectivity index (χ0v) is 13.2. The maximum Gasteiger partial charge on any atom is 0.360 e. The average molecular weight is 314 g/mol. The third-order valence-corrected chi connectivity index (χ3v) is 3.26. The molecule has 0 aliphatic carbocycles. The molecule has 1 aliphatic heterocycles. The van der Waals surface area contributed by atoms with Gasteiger partial charge in [0.05, 0.1) is 12.8 Å². The van der Waals surface area contributed by atoms with Crippen molar-refractivity contribution in [1.29, 1.82) is 0 Å². The molecule has 2 rings (SSSR count). The number of ether oxygens (including phenoxy) is 1. The van der Waals surface area contributed by atoms with E-state index in [4.69, 9.17) is 9.57 Å². The zero-order valence-electron chi connectivity index (χ0n) is 13.2. The highest BCUT2D eigenvalue weighted by Crippen LogP contribution is 2.26. The predicted molar refractivity (Wildman–Crippen MR) is 87.6 cm³/mol. The van der Waals surface area contributed by atoms with Crippen LogP contribution in [0.1, 0.15) is 18.1 Å². The zero-order chi connectivity index (χ0) is 16.8. The van der Waals surface area contributed by atoms with Gasteiger partial charge in [-0.05, 0) is 24.6 Å². The van der Waals surface area contributed by atoms with Gasteiger partial charge >= 0.3 is 5.97 Å². The van der Waals surface area contributed by atoms with Gasteiger partial charge < -0.3 is 20.0 Å². The summed E-state index contributed by atoms with van der Waals surface area (Å²) in [5.41, 5.74) is 3.73. The number of esters is 1. The molecule has 0 unspecified atom stereocenters.